The van der Waals surface area contributed by atoms with Gasteiger partial charge in [0.2, 0.25) is 0 Å². The maximum atomic E-state index is 12.7. The fourth-order valence-electron chi connectivity index (χ4n) is 2.50. The number of rotatable bonds is 5. The predicted octanol–water partition coefficient (Wildman–Crippen LogP) is 5.16. The van der Waals surface area contributed by atoms with Crippen LogP contribution < -0.4 is 5.32 Å². The number of para-hydroxylation sites is 1. The second-order valence-electron chi connectivity index (χ2n) is 6.07. The first-order valence-corrected chi connectivity index (χ1v) is 9.06. The maximum Gasteiger partial charge on any atom is 0.269 e. The summed E-state index contributed by atoms with van der Waals surface area (Å²) in [4.78, 5) is 18.1. The molecule has 1 heterocycles. The van der Waals surface area contributed by atoms with E-state index in [0.29, 0.717) is 5.69 Å². The summed E-state index contributed by atoms with van der Waals surface area (Å²) in [6.07, 6.45) is 0.909. The van der Waals surface area contributed by atoms with Gasteiger partial charge in [0.15, 0.2) is 0 Å². The third-order valence-corrected chi connectivity index (χ3v) is 5.25. The third-order valence-electron chi connectivity index (χ3n) is 4.12. The number of carbonyl (C=O) groups is 1. The standard InChI is InChI=1S/C20H22N2OS/c1-4-14(3)21-20(23)18-19(16-7-5-6-8-17(16)22-18)24-15-11-9-13(2)10-12-15/h5-12,14,22H,4H2,1-3H3,(H,21,23). The number of hydrogen-bond donors (Lipinski definition) is 2. The van der Waals surface area contributed by atoms with Crippen molar-refractivity contribution in [3.05, 3.63) is 59.8 Å². The van der Waals surface area contributed by atoms with Crippen molar-refractivity contribution in [1.82, 2.24) is 10.3 Å². The number of amides is 1. The van der Waals surface area contributed by atoms with Crippen molar-refractivity contribution in [1.29, 1.82) is 0 Å². The molecule has 0 radical (unpaired) electrons. The van der Waals surface area contributed by atoms with Crippen molar-refractivity contribution in [2.75, 3.05) is 0 Å². The Morgan fingerprint density at radius 1 is 1.17 bits per heavy atom. The molecule has 1 amide bonds. The van der Waals surface area contributed by atoms with Gasteiger partial charge in [-0.1, -0.05) is 54.6 Å². The second kappa shape index (κ2) is 7.14. The summed E-state index contributed by atoms with van der Waals surface area (Å²) in [6.45, 7) is 6.16. The van der Waals surface area contributed by atoms with Crippen molar-refractivity contribution >= 4 is 28.6 Å². The monoisotopic (exact) mass is 338 g/mol. The first-order valence-electron chi connectivity index (χ1n) is 8.24. The van der Waals surface area contributed by atoms with Gasteiger partial charge in [-0.2, -0.15) is 0 Å². The molecular weight excluding hydrogens is 316 g/mol. The SMILES string of the molecule is CCC(C)NC(=O)c1[nH]c2ccccc2c1Sc1ccc(C)cc1. The summed E-state index contributed by atoms with van der Waals surface area (Å²) in [7, 11) is 0. The first-order chi connectivity index (χ1) is 11.6. The van der Waals surface area contributed by atoms with E-state index in [1.165, 1.54) is 5.56 Å². The summed E-state index contributed by atoms with van der Waals surface area (Å²) in [5, 5.41) is 4.14. The Bertz CT molecular complexity index is 852. The highest BCUT2D eigenvalue weighted by atomic mass is 32.2. The number of aromatic nitrogens is 1. The minimum atomic E-state index is -0.0461. The summed E-state index contributed by atoms with van der Waals surface area (Å²) in [5.41, 5.74) is 2.86. The van der Waals surface area contributed by atoms with Gasteiger partial charge in [0.05, 0.1) is 4.90 Å². The van der Waals surface area contributed by atoms with Crippen LogP contribution in [0.1, 0.15) is 36.3 Å². The van der Waals surface area contributed by atoms with E-state index < -0.39 is 0 Å². The van der Waals surface area contributed by atoms with Crippen LogP contribution in [0.4, 0.5) is 0 Å². The Hall–Kier alpha value is -2.20. The van der Waals surface area contributed by atoms with Gasteiger partial charge in [0, 0.05) is 21.8 Å². The lowest BCUT2D eigenvalue weighted by atomic mass is 10.2. The van der Waals surface area contributed by atoms with Crippen LogP contribution in [0.5, 0.6) is 0 Å². The van der Waals surface area contributed by atoms with Gasteiger partial charge in [0.1, 0.15) is 5.69 Å². The second-order valence-corrected chi connectivity index (χ2v) is 7.16. The molecule has 0 fully saturated rings. The van der Waals surface area contributed by atoms with Gasteiger partial charge >= 0.3 is 0 Å². The molecule has 1 atom stereocenters. The summed E-state index contributed by atoms with van der Waals surface area (Å²) < 4.78 is 0. The minimum absolute atomic E-state index is 0.0461. The molecule has 3 rings (SSSR count). The van der Waals surface area contributed by atoms with Crippen LogP contribution in [0.15, 0.2) is 58.3 Å². The first kappa shape index (κ1) is 16.7. The van der Waals surface area contributed by atoms with Crippen LogP contribution in [-0.2, 0) is 0 Å². The van der Waals surface area contributed by atoms with Crippen molar-refractivity contribution < 1.29 is 4.79 Å². The van der Waals surface area contributed by atoms with Gasteiger partial charge in [-0.3, -0.25) is 4.79 Å². The zero-order valence-corrected chi connectivity index (χ0v) is 15.0. The van der Waals surface area contributed by atoms with Crippen molar-refractivity contribution in [3.8, 4) is 0 Å². The van der Waals surface area contributed by atoms with E-state index in [2.05, 4.69) is 54.5 Å². The van der Waals surface area contributed by atoms with Crippen LogP contribution in [0.25, 0.3) is 10.9 Å². The zero-order valence-electron chi connectivity index (χ0n) is 14.2. The highest BCUT2D eigenvalue weighted by Crippen LogP contribution is 2.36. The lowest BCUT2D eigenvalue weighted by molar-refractivity contribution is 0.0932. The van der Waals surface area contributed by atoms with Gasteiger partial charge in [-0.15, -0.1) is 0 Å². The number of nitrogens with one attached hydrogen (secondary N) is 2. The van der Waals surface area contributed by atoms with Crippen LogP contribution in [0.3, 0.4) is 0 Å². The highest BCUT2D eigenvalue weighted by Gasteiger charge is 2.19. The number of aryl methyl sites for hydroxylation is 1. The normalized spacial score (nSPS) is 12.3. The fourth-order valence-corrected chi connectivity index (χ4v) is 3.55. The van der Waals surface area contributed by atoms with Crippen molar-refractivity contribution in [3.63, 3.8) is 0 Å². The molecule has 0 saturated carbocycles. The van der Waals surface area contributed by atoms with Crippen LogP contribution in [0.2, 0.25) is 0 Å². The molecule has 4 heteroatoms. The molecule has 1 unspecified atom stereocenters. The number of carbonyl (C=O) groups excluding carboxylic acids is 1. The Morgan fingerprint density at radius 2 is 1.88 bits per heavy atom. The van der Waals surface area contributed by atoms with Crippen molar-refractivity contribution in [2.24, 2.45) is 0 Å². The molecule has 124 valence electrons. The number of fused-ring (bicyclic) bond motifs is 1. The largest absolute Gasteiger partial charge is 0.350 e. The van der Waals surface area contributed by atoms with E-state index in [1.807, 2.05) is 25.1 Å². The van der Waals surface area contributed by atoms with E-state index in [9.17, 15) is 4.79 Å². The third kappa shape index (κ3) is 3.49. The number of H-pyrrole nitrogens is 1. The fraction of sp³-hybridized carbons (Fsp3) is 0.250. The van der Waals surface area contributed by atoms with E-state index >= 15 is 0 Å². The molecule has 3 nitrogen and oxygen atoms in total. The van der Waals surface area contributed by atoms with E-state index in [-0.39, 0.29) is 11.9 Å². The summed E-state index contributed by atoms with van der Waals surface area (Å²) in [5.74, 6) is -0.0461. The Morgan fingerprint density at radius 3 is 2.58 bits per heavy atom. The molecular formula is C20H22N2OS. The molecule has 24 heavy (non-hydrogen) atoms. The number of aromatic amines is 1. The molecule has 0 aliphatic carbocycles. The topological polar surface area (TPSA) is 44.9 Å². The molecule has 0 spiro atoms. The van der Waals surface area contributed by atoms with E-state index in [1.54, 1.807) is 11.8 Å². The van der Waals surface area contributed by atoms with Crippen LogP contribution in [-0.4, -0.2) is 16.9 Å². The quantitative estimate of drug-likeness (QED) is 0.675. The Labute approximate surface area is 146 Å². The van der Waals surface area contributed by atoms with Gasteiger partial charge < -0.3 is 10.3 Å². The molecule has 0 aliphatic rings. The van der Waals surface area contributed by atoms with Crippen LogP contribution >= 0.6 is 11.8 Å². The molecule has 0 aliphatic heterocycles. The maximum absolute atomic E-state index is 12.7. The lowest BCUT2D eigenvalue weighted by Gasteiger charge is -2.11. The molecule has 0 bridgehead atoms. The Kier molecular flexibility index (Phi) is 4.95. The zero-order chi connectivity index (χ0) is 17.1. The average Bonchev–Trinajstić information content (AvgIpc) is 2.95. The lowest BCUT2D eigenvalue weighted by Crippen LogP contribution is -2.32. The molecule has 2 N–H and O–H groups in total. The van der Waals surface area contributed by atoms with E-state index in [4.69, 9.17) is 0 Å². The van der Waals surface area contributed by atoms with Gasteiger partial charge in [0.25, 0.3) is 5.91 Å². The minimum Gasteiger partial charge on any atom is -0.350 e. The number of benzene rings is 2. The summed E-state index contributed by atoms with van der Waals surface area (Å²) >= 11 is 1.63. The van der Waals surface area contributed by atoms with Gasteiger partial charge in [-0.25, -0.2) is 0 Å². The van der Waals surface area contributed by atoms with Crippen molar-refractivity contribution in [2.45, 2.75) is 43.0 Å². The van der Waals surface area contributed by atoms with E-state index in [0.717, 1.165) is 27.1 Å². The molecule has 3 aromatic rings. The van der Waals surface area contributed by atoms with Gasteiger partial charge in [-0.05, 0) is 38.5 Å². The average molecular weight is 338 g/mol. The van der Waals surface area contributed by atoms with Crippen LogP contribution in [0, 0.1) is 6.92 Å². The molecule has 0 saturated heterocycles. The predicted molar refractivity (Wildman–Crippen MR) is 101 cm³/mol. The Balaban J connectivity index is 2.01. The molecule has 2 aromatic carbocycles. The summed E-state index contributed by atoms with van der Waals surface area (Å²) in [6, 6.07) is 16.6. The smallest absolute Gasteiger partial charge is 0.269 e. The number of hydrogen-bond acceptors (Lipinski definition) is 2. The highest BCUT2D eigenvalue weighted by molar-refractivity contribution is 7.99. The molecule has 1 aromatic heterocycles.